The van der Waals surface area contributed by atoms with Crippen LogP contribution in [0.5, 0.6) is 0 Å². The number of likely N-dealkylation sites (tertiary alicyclic amines) is 1. The molecule has 2 rings (SSSR count). The maximum absolute atomic E-state index is 3.71. The minimum Gasteiger partial charge on any atom is -0.316 e. The third-order valence-electron chi connectivity index (χ3n) is 5.26. The fourth-order valence-electron chi connectivity index (χ4n) is 4.00. The SMILES string of the molecule is CCCNCC1(CN2CCCC(C)CC2)CCCC1. The maximum atomic E-state index is 3.71. The van der Waals surface area contributed by atoms with Gasteiger partial charge in [-0.25, -0.2) is 0 Å². The van der Waals surface area contributed by atoms with Gasteiger partial charge in [-0.15, -0.1) is 0 Å². The molecular weight excluding hydrogens is 232 g/mol. The molecule has 0 radical (unpaired) electrons. The molecule has 0 aromatic rings. The molecule has 1 unspecified atom stereocenters. The predicted octanol–water partition coefficient (Wildman–Crippen LogP) is 3.67. The molecule has 0 spiro atoms. The van der Waals surface area contributed by atoms with Gasteiger partial charge in [-0.1, -0.05) is 26.7 Å². The zero-order chi connectivity index (χ0) is 13.6. The van der Waals surface area contributed by atoms with Gasteiger partial charge in [0.2, 0.25) is 0 Å². The van der Waals surface area contributed by atoms with E-state index in [2.05, 4.69) is 24.1 Å². The number of rotatable bonds is 6. The summed E-state index contributed by atoms with van der Waals surface area (Å²) in [5.74, 6) is 0.947. The second kappa shape index (κ2) is 7.64. The van der Waals surface area contributed by atoms with Gasteiger partial charge in [-0.05, 0) is 69.5 Å². The Bertz CT molecular complexity index is 246. The van der Waals surface area contributed by atoms with Crippen molar-refractivity contribution in [1.29, 1.82) is 0 Å². The highest BCUT2D eigenvalue weighted by Crippen LogP contribution is 2.38. The molecule has 2 nitrogen and oxygen atoms in total. The maximum Gasteiger partial charge on any atom is 0.00501 e. The average molecular weight is 266 g/mol. The topological polar surface area (TPSA) is 15.3 Å². The molecule has 0 bridgehead atoms. The molecule has 1 saturated carbocycles. The van der Waals surface area contributed by atoms with E-state index >= 15 is 0 Å². The van der Waals surface area contributed by atoms with Crippen molar-refractivity contribution in [2.75, 3.05) is 32.7 Å². The number of nitrogens with zero attached hydrogens (tertiary/aromatic N) is 1. The van der Waals surface area contributed by atoms with Gasteiger partial charge in [0.15, 0.2) is 0 Å². The van der Waals surface area contributed by atoms with Crippen LogP contribution in [0.3, 0.4) is 0 Å². The van der Waals surface area contributed by atoms with Crippen LogP contribution < -0.4 is 5.32 Å². The van der Waals surface area contributed by atoms with Crippen molar-refractivity contribution in [3.8, 4) is 0 Å². The van der Waals surface area contributed by atoms with Crippen LogP contribution in [-0.4, -0.2) is 37.6 Å². The summed E-state index contributed by atoms with van der Waals surface area (Å²) in [6.45, 7) is 11.2. The molecule has 1 heterocycles. The summed E-state index contributed by atoms with van der Waals surface area (Å²) < 4.78 is 0. The Morgan fingerprint density at radius 3 is 2.63 bits per heavy atom. The lowest BCUT2D eigenvalue weighted by Crippen LogP contribution is -2.43. The zero-order valence-electron chi connectivity index (χ0n) is 13.2. The Kier molecular flexibility index (Phi) is 6.15. The molecule has 19 heavy (non-hydrogen) atoms. The van der Waals surface area contributed by atoms with Gasteiger partial charge in [-0.3, -0.25) is 0 Å². The fourth-order valence-corrected chi connectivity index (χ4v) is 4.00. The van der Waals surface area contributed by atoms with Crippen molar-refractivity contribution in [3.63, 3.8) is 0 Å². The highest BCUT2D eigenvalue weighted by molar-refractivity contribution is 4.90. The van der Waals surface area contributed by atoms with E-state index in [4.69, 9.17) is 0 Å². The highest BCUT2D eigenvalue weighted by Gasteiger charge is 2.35. The van der Waals surface area contributed by atoms with Gasteiger partial charge >= 0.3 is 0 Å². The third kappa shape index (κ3) is 4.75. The van der Waals surface area contributed by atoms with Crippen LogP contribution in [0.2, 0.25) is 0 Å². The molecule has 112 valence electrons. The molecule has 1 aliphatic heterocycles. The molecule has 2 aliphatic rings. The molecule has 1 aliphatic carbocycles. The number of hydrogen-bond donors (Lipinski definition) is 1. The summed E-state index contributed by atoms with van der Waals surface area (Å²) in [6, 6.07) is 0. The van der Waals surface area contributed by atoms with Crippen molar-refractivity contribution in [1.82, 2.24) is 10.2 Å². The van der Waals surface area contributed by atoms with E-state index in [9.17, 15) is 0 Å². The monoisotopic (exact) mass is 266 g/mol. The largest absolute Gasteiger partial charge is 0.316 e. The van der Waals surface area contributed by atoms with E-state index in [1.54, 1.807) is 0 Å². The van der Waals surface area contributed by atoms with Crippen LogP contribution in [0.25, 0.3) is 0 Å². The smallest absolute Gasteiger partial charge is 0.00501 e. The number of hydrogen-bond acceptors (Lipinski definition) is 2. The van der Waals surface area contributed by atoms with Gasteiger partial charge < -0.3 is 10.2 Å². The normalized spacial score (nSPS) is 28.4. The fraction of sp³-hybridized carbons (Fsp3) is 1.00. The molecule has 0 aromatic heterocycles. The third-order valence-corrected chi connectivity index (χ3v) is 5.26. The summed E-state index contributed by atoms with van der Waals surface area (Å²) in [4.78, 5) is 2.78. The molecule has 2 fully saturated rings. The Balaban J connectivity index is 1.84. The molecule has 1 atom stereocenters. The predicted molar refractivity (Wildman–Crippen MR) is 83.5 cm³/mol. The van der Waals surface area contributed by atoms with Gasteiger partial charge in [0, 0.05) is 13.1 Å². The van der Waals surface area contributed by atoms with Crippen molar-refractivity contribution in [2.24, 2.45) is 11.3 Å². The Labute approximate surface area is 120 Å². The van der Waals surface area contributed by atoms with Crippen LogP contribution in [0.15, 0.2) is 0 Å². The lowest BCUT2D eigenvalue weighted by atomic mass is 9.85. The van der Waals surface area contributed by atoms with Gasteiger partial charge in [-0.2, -0.15) is 0 Å². The van der Waals surface area contributed by atoms with Crippen molar-refractivity contribution in [3.05, 3.63) is 0 Å². The molecule has 1 saturated heterocycles. The van der Waals surface area contributed by atoms with Crippen LogP contribution in [0.1, 0.15) is 65.2 Å². The Morgan fingerprint density at radius 2 is 1.89 bits per heavy atom. The first kappa shape index (κ1) is 15.3. The quantitative estimate of drug-likeness (QED) is 0.738. The van der Waals surface area contributed by atoms with Crippen LogP contribution in [0, 0.1) is 11.3 Å². The first-order valence-corrected chi connectivity index (χ1v) is 8.67. The van der Waals surface area contributed by atoms with Gasteiger partial charge in [0.1, 0.15) is 0 Å². The van der Waals surface area contributed by atoms with E-state index in [0.29, 0.717) is 5.41 Å². The molecule has 1 N–H and O–H groups in total. The highest BCUT2D eigenvalue weighted by atomic mass is 15.1. The lowest BCUT2D eigenvalue weighted by molar-refractivity contribution is 0.151. The summed E-state index contributed by atoms with van der Waals surface area (Å²) in [5.41, 5.74) is 0.600. The molecule has 2 heteroatoms. The molecule has 0 aromatic carbocycles. The van der Waals surface area contributed by atoms with Crippen molar-refractivity contribution < 1.29 is 0 Å². The summed E-state index contributed by atoms with van der Waals surface area (Å²) in [5, 5.41) is 3.71. The second-order valence-electron chi connectivity index (χ2n) is 7.20. The average Bonchev–Trinajstić information content (AvgIpc) is 2.75. The zero-order valence-corrected chi connectivity index (χ0v) is 13.2. The van der Waals surface area contributed by atoms with E-state index in [-0.39, 0.29) is 0 Å². The summed E-state index contributed by atoms with van der Waals surface area (Å²) in [7, 11) is 0. The Morgan fingerprint density at radius 1 is 1.11 bits per heavy atom. The van der Waals surface area contributed by atoms with E-state index in [1.165, 1.54) is 84.1 Å². The number of nitrogens with one attached hydrogen (secondary N) is 1. The lowest BCUT2D eigenvalue weighted by Gasteiger charge is -2.35. The Hall–Kier alpha value is -0.0800. The summed E-state index contributed by atoms with van der Waals surface area (Å²) in [6.07, 6.45) is 11.4. The second-order valence-corrected chi connectivity index (χ2v) is 7.20. The minimum absolute atomic E-state index is 0.600. The first-order valence-electron chi connectivity index (χ1n) is 8.67. The molecular formula is C17H34N2. The van der Waals surface area contributed by atoms with Crippen LogP contribution >= 0.6 is 0 Å². The summed E-state index contributed by atoms with van der Waals surface area (Å²) >= 11 is 0. The standard InChI is InChI=1S/C17H34N2/c1-3-11-18-14-17(9-4-5-10-17)15-19-12-6-7-16(2)8-13-19/h16,18H,3-15H2,1-2H3. The van der Waals surface area contributed by atoms with E-state index in [1.807, 2.05) is 0 Å². The van der Waals surface area contributed by atoms with Crippen molar-refractivity contribution in [2.45, 2.75) is 65.2 Å². The minimum atomic E-state index is 0.600. The van der Waals surface area contributed by atoms with Crippen LogP contribution in [-0.2, 0) is 0 Å². The molecule has 0 amide bonds. The van der Waals surface area contributed by atoms with Gasteiger partial charge in [0.05, 0.1) is 0 Å². The van der Waals surface area contributed by atoms with E-state index < -0.39 is 0 Å². The van der Waals surface area contributed by atoms with Gasteiger partial charge in [0.25, 0.3) is 0 Å². The van der Waals surface area contributed by atoms with Crippen LogP contribution in [0.4, 0.5) is 0 Å². The van der Waals surface area contributed by atoms with Crippen molar-refractivity contribution >= 4 is 0 Å². The first-order chi connectivity index (χ1) is 9.24. The van der Waals surface area contributed by atoms with E-state index in [0.717, 1.165) is 5.92 Å².